The summed E-state index contributed by atoms with van der Waals surface area (Å²) in [7, 11) is -4.04. The Morgan fingerprint density at radius 3 is 1.92 bits per heavy atom. The van der Waals surface area contributed by atoms with Crippen LogP contribution in [0.15, 0.2) is 17.1 Å². The molecular formula is C4H6BBrF4N2. The predicted molar refractivity (Wildman–Crippen MR) is 39.9 cm³/mol. The second-order valence-corrected chi connectivity index (χ2v) is 2.61. The maximum atomic E-state index is 9.75. The van der Waals surface area contributed by atoms with Crippen molar-refractivity contribution < 1.29 is 21.8 Å². The normalized spacial score (nSPS) is 10.5. The number of rotatable bonds is 0. The van der Waals surface area contributed by atoms with Crippen LogP contribution < -0.4 is 4.57 Å². The SMILES string of the molecule is C[n+]1cc[nH]c1Br.F[B-](F)(F)F. The van der Waals surface area contributed by atoms with Crippen LogP contribution in [0.2, 0.25) is 0 Å². The maximum absolute atomic E-state index is 9.75. The molecule has 1 rings (SSSR count). The lowest BCUT2D eigenvalue weighted by atomic mass is 10.3. The van der Waals surface area contributed by atoms with Gasteiger partial charge in [0.05, 0.1) is 7.05 Å². The van der Waals surface area contributed by atoms with Crippen LogP contribution in [0.25, 0.3) is 0 Å². The molecule has 70 valence electrons. The fourth-order valence-corrected chi connectivity index (χ4v) is 0.635. The molecule has 1 heterocycles. The monoisotopic (exact) mass is 248 g/mol. The second kappa shape index (κ2) is 4.49. The van der Waals surface area contributed by atoms with Crippen LogP contribution in [0, 0.1) is 0 Å². The zero-order valence-electron chi connectivity index (χ0n) is 6.07. The molecule has 1 aromatic rings. The van der Waals surface area contributed by atoms with Gasteiger partial charge in [-0.05, 0) is 0 Å². The maximum Gasteiger partial charge on any atom is 0.673 e. The molecule has 12 heavy (non-hydrogen) atoms. The van der Waals surface area contributed by atoms with Crippen molar-refractivity contribution in [2.24, 2.45) is 7.05 Å². The van der Waals surface area contributed by atoms with Gasteiger partial charge in [0, 0.05) is 15.9 Å². The third-order valence-corrected chi connectivity index (χ3v) is 1.60. The molecule has 0 atom stereocenters. The van der Waals surface area contributed by atoms with Crippen molar-refractivity contribution in [3.63, 3.8) is 0 Å². The smallest absolute Gasteiger partial charge is 0.418 e. The second-order valence-electron chi connectivity index (χ2n) is 1.86. The van der Waals surface area contributed by atoms with Crippen molar-refractivity contribution in [2.45, 2.75) is 0 Å². The van der Waals surface area contributed by atoms with Crippen LogP contribution >= 0.6 is 15.9 Å². The number of aryl methyl sites for hydroxylation is 1. The molecule has 0 radical (unpaired) electrons. The van der Waals surface area contributed by atoms with Gasteiger partial charge in [0.15, 0.2) is 0 Å². The quantitative estimate of drug-likeness (QED) is 0.411. The van der Waals surface area contributed by atoms with Crippen molar-refractivity contribution in [1.29, 1.82) is 0 Å². The van der Waals surface area contributed by atoms with Gasteiger partial charge in [-0.1, -0.05) is 0 Å². The third-order valence-electron chi connectivity index (χ3n) is 0.810. The van der Waals surface area contributed by atoms with E-state index in [0.29, 0.717) is 0 Å². The summed E-state index contributed by atoms with van der Waals surface area (Å²) < 4.78 is 41.9. The van der Waals surface area contributed by atoms with E-state index < -0.39 is 7.25 Å². The van der Waals surface area contributed by atoms with Gasteiger partial charge in [0.2, 0.25) is 0 Å². The van der Waals surface area contributed by atoms with E-state index in [9.17, 15) is 17.3 Å². The molecular weight excluding hydrogens is 243 g/mol. The molecule has 0 aliphatic carbocycles. The molecule has 0 bridgehead atoms. The van der Waals surface area contributed by atoms with E-state index in [1.54, 1.807) is 0 Å². The van der Waals surface area contributed by atoms with Crippen LogP contribution in [-0.2, 0) is 7.05 Å². The van der Waals surface area contributed by atoms with Gasteiger partial charge in [-0.2, -0.15) is 0 Å². The number of H-pyrrole nitrogens is 1. The van der Waals surface area contributed by atoms with E-state index in [-0.39, 0.29) is 0 Å². The summed E-state index contributed by atoms with van der Waals surface area (Å²) >= 11 is 3.27. The van der Waals surface area contributed by atoms with Crippen LogP contribution in [0.5, 0.6) is 0 Å². The summed E-state index contributed by atoms with van der Waals surface area (Å²) in [6.07, 6.45) is 3.80. The molecule has 0 spiro atoms. The third kappa shape index (κ3) is 7.58. The fourth-order valence-electron chi connectivity index (χ4n) is 0.385. The van der Waals surface area contributed by atoms with Gasteiger partial charge in [-0.15, -0.1) is 0 Å². The molecule has 2 nitrogen and oxygen atoms in total. The number of halogens is 5. The predicted octanol–water partition coefficient (Wildman–Crippen LogP) is 1.90. The minimum Gasteiger partial charge on any atom is -0.418 e. The molecule has 0 amide bonds. The first kappa shape index (κ1) is 11.5. The Kier molecular flexibility index (Phi) is 4.29. The molecule has 0 aromatic carbocycles. The summed E-state index contributed by atoms with van der Waals surface area (Å²) in [4.78, 5) is 2.95. The molecule has 0 saturated heterocycles. The van der Waals surface area contributed by atoms with E-state index in [2.05, 4.69) is 20.9 Å². The Labute approximate surface area is 74.8 Å². The minimum atomic E-state index is -6.00. The number of hydrogen-bond acceptors (Lipinski definition) is 0. The molecule has 0 fully saturated rings. The molecule has 0 unspecified atom stereocenters. The number of aromatic nitrogens is 2. The highest BCUT2D eigenvalue weighted by atomic mass is 79.9. The summed E-state index contributed by atoms with van der Waals surface area (Å²) in [5.74, 6) is 0. The van der Waals surface area contributed by atoms with Gasteiger partial charge >= 0.3 is 12.0 Å². The lowest BCUT2D eigenvalue weighted by Crippen LogP contribution is -2.25. The highest BCUT2D eigenvalue weighted by Gasteiger charge is 2.20. The number of nitrogens with zero attached hydrogens (tertiary/aromatic N) is 1. The van der Waals surface area contributed by atoms with Gasteiger partial charge in [-0.25, -0.2) is 9.55 Å². The van der Waals surface area contributed by atoms with Crippen LogP contribution in [0.3, 0.4) is 0 Å². The largest absolute Gasteiger partial charge is 0.673 e. The van der Waals surface area contributed by atoms with Gasteiger partial charge in [-0.3, -0.25) is 0 Å². The van der Waals surface area contributed by atoms with Crippen LogP contribution in [-0.4, -0.2) is 12.2 Å². The Balaban J connectivity index is 0.000000217. The standard InChI is InChI=1S/C4H5BrN2.BF4/c1-7-3-2-6-4(7)5;2-1(3,4)5/h2-3H,1H3;/q;-1/p+1. The van der Waals surface area contributed by atoms with Crippen molar-refractivity contribution in [2.75, 3.05) is 0 Å². The first-order valence-corrected chi connectivity index (χ1v) is 3.66. The molecule has 0 saturated carbocycles. The van der Waals surface area contributed by atoms with E-state index in [4.69, 9.17) is 0 Å². The topological polar surface area (TPSA) is 19.7 Å². The fraction of sp³-hybridized carbons (Fsp3) is 0.250. The highest BCUT2D eigenvalue weighted by molar-refractivity contribution is 9.10. The van der Waals surface area contributed by atoms with Crippen LogP contribution in [0.4, 0.5) is 17.3 Å². The molecule has 1 aromatic heterocycles. The van der Waals surface area contributed by atoms with E-state index in [1.165, 1.54) is 0 Å². The lowest BCUT2D eigenvalue weighted by molar-refractivity contribution is -0.681. The van der Waals surface area contributed by atoms with Crippen molar-refractivity contribution in [3.8, 4) is 0 Å². The number of hydrogen-bond donors (Lipinski definition) is 1. The van der Waals surface area contributed by atoms with Crippen LogP contribution in [0.1, 0.15) is 0 Å². The first-order valence-electron chi connectivity index (χ1n) is 2.86. The Morgan fingerprint density at radius 1 is 1.42 bits per heavy atom. The van der Waals surface area contributed by atoms with Gasteiger partial charge in [0.1, 0.15) is 12.4 Å². The average Bonchev–Trinajstić information content (AvgIpc) is 2.12. The zero-order valence-corrected chi connectivity index (χ0v) is 7.66. The van der Waals surface area contributed by atoms with Crippen molar-refractivity contribution in [3.05, 3.63) is 17.1 Å². The van der Waals surface area contributed by atoms with E-state index in [1.807, 2.05) is 24.0 Å². The summed E-state index contributed by atoms with van der Waals surface area (Å²) in [5, 5.41) is 0. The molecule has 1 N–H and O–H groups in total. The summed E-state index contributed by atoms with van der Waals surface area (Å²) in [5.41, 5.74) is 0. The average molecular weight is 249 g/mol. The first-order chi connectivity index (χ1) is 5.30. The number of nitrogens with one attached hydrogen (secondary N) is 1. The van der Waals surface area contributed by atoms with E-state index >= 15 is 0 Å². The highest BCUT2D eigenvalue weighted by Crippen LogP contribution is 2.06. The van der Waals surface area contributed by atoms with Gasteiger partial charge in [0.25, 0.3) is 0 Å². The molecule has 0 aliphatic heterocycles. The Bertz CT molecular complexity index is 213. The van der Waals surface area contributed by atoms with E-state index in [0.717, 1.165) is 4.73 Å². The summed E-state index contributed by atoms with van der Waals surface area (Å²) in [6.45, 7) is 0. The lowest BCUT2D eigenvalue weighted by Gasteiger charge is -1.94. The number of aromatic amines is 1. The Hall–Kier alpha value is -0.525. The van der Waals surface area contributed by atoms with Crippen molar-refractivity contribution in [1.82, 2.24) is 4.98 Å². The number of imidazole rings is 1. The summed E-state index contributed by atoms with van der Waals surface area (Å²) in [6, 6.07) is 0. The van der Waals surface area contributed by atoms with Crippen molar-refractivity contribution >= 4 is 23.2 Å². The Morgan fingerprint density at radius 2 is 1.83 bits per heavy atom. The molecule has 0 aliphatic rings. The zero-order chi connectivity index (χ0) is 9.78. The minimum absolute atomic E-state index is 0.993. The molecule has 8 heteroatoms. The van der Waals surface area contributed by atoms with Gasteiger partial charge < -0.3 is 17.3 Å².